The number of nitro groups is 1. The Balaban J connectivity index is 1.73. The number of anilines is 2. The van der Waals surface area contributed by atoms with E-state index in [9.17, 15) is 18.5 Å². The van der Waals surface area contributed by atoms with Crippen molar-refractivity contribution in [2.24, 2.45) is 0 Å². The number of benzene rings is 1. The highest BCUT2D eigenvalue weighted by atomic mass is 32.2. The normalized spacial score (nSPS) is 16.0. The third-order valence-corrected chi connectivity index (χ3v) is 5.90. The smallest absolute Gasteiger partial charge is 0.290 e. The lowest BCUT2D eigenvalue weighted by atomic mass is 10.2. The summed E-state index contributed by atoms with van der Waals surface area (Å²) in [6, 6.07) is 10.3. The van der Waals surface area contributed by atoms with Crippen LogP contribution in [-0.2, 0) is 16.6 Å². The molecular weight excluding hydrogens is 344 g/mol. The zero-order chi connectivity index (χ0) is 18.0. The highest BCUT2D eigenvalue weighted by Crippen LogP contribution is 2.25. The van der Waals surface area contributed by atoms with Crippen molar-refractivity contribution in [2.45, 2.75) is 19.9 Å². The lowest BCUT2D eigenvalue weighted by Crippen LogP contribution is -2.25. The Kier molecular flexibility index (Phi) is 4.58. The first kappa shape index (κ1) is 17.2. The largest absolute Gasteiger partial charge is 0.366 e. The number of nitrogens with one attached hydrogen (secondary N) is 1. The van der Waals surface area contributed by atoms with Crippen molar-refractivity contribution in [3.8, 4) is 0 Å². The molecule has 1 aromatic heterocycles. The van der Waals surface area contributed by atoms with Crippen LogP contribution in [-0.4, -0.2) is 30.6 Å². The Bertz CT molecular complexity index is 914. The van der Waals surface area contributed by atoms with E-state index in [1.807, 2.05) is 18.2 Å². The lowest BCUT2D eigenvalue weighted by molar-refractivity contribution is -0.385. The molecule has 0 amide bonds. The molecule has 0 bridgehead atoms. The van der Waals surface area contributed by atoms with Gasteiger partial charge in [0.25, 0.3) is 5.69 Å². The molecule has 0 radical (unpaired) electrons. The zero-order valence-corrected chi connectivity index (χ0v) is 14.5. The fourth-order valence-electron chi connectivity index (χ4n) is 2.79. The van der Waals surface area contributed by atoms with Gasteiger partial charge in [-0.25, -0.2) is 13.4 Å². The van der Waals surface area contributed by atoms with E-state index in [0.717, 1.165) is 5.56 Å². The summed E-state index contributed by atoms with van der Waals surface area (Å²) in [5.74, 6) is 0.712. The molecule has 0 spiro atoms. The van der Waals surface area contributed by atoms with Crippen LogP contribution in [0.4, 0.5) is 17.2 Å². The van der Waals surface area contributed by atoms with Crippen LogP contribution in [0.3, 0.4) is 0 Å². The van der Waals surface area contributed by atoms with Gasteiger partial charge in [-0.05, 0) is 37.1 Å². The van der Waals surface area contributed by atoms with Gasteiger partial charge in [0.2, 0.25) is 10.0 Å². The van der Waals surface area contributed by atoms with Crippen molar-refractivity contribution >= 4 is 27.2 Å². The fourth-order valence-corrected chi connectivity index (χ4v) is 4.35. The molecule has 1 aliphatic rings. The molecule has 2 aromatic rings. The SMILES string of the molecule is Cc1nc(NCc2cccc(N3CCCS3(=O)=O)c2)ccc1[N+](=O)[O-]. The third-order valence-electron chi connectivity index (χ3n) is 4.03. The van der Waals surface area contributed by atoms with Crippen LogP contribution in [0.25, 0.3) is 0 Å². The van der Waals surface area contributed by atoms with Crippen molar-refractivity contribution in [2.75, 3.05) is 21.9 Å². The standard InChI is InChI=1S/C16H18N4O4S/c1-12-15(20(21)22)6-7-16(18-12)17-11-13-4-2-5-14(10-13)19-8-3-9-25(19,23)24/h2,4-7,10H,3,8-9,11H2,1H3,(H,17,18). The molecule has 0 atom stereocenters. The summed E-state index contributed by atoms with van der Waals surface area (Å²) in [5, 5.41) is 13.9. The number of rotatable bonds is 5. The van der Waals surface area contributed by atoms with E-state index in [1.165, 1.54) is 10.4 Å². The number of hydrogen-bond acceptors (Lipinski definition) is 6. The summed E-state index contributed by atoms with van der Waals surface area (Å²) in [4.78, 5) is 14.5. The molecule has 1 N–H and O–H groups in total. The molecule has 0 aliphatic carbocycles. The van der Waals surface area contributed by atoms with Crippen LogP contribution in [0, 0.1) is 17.0 Å². The number of nitrogens with zero attached hydrogens (tertiary/aromatic N) is 3. The van der Waals surface area contributed by atoms with E-state index < -0.39 is 14.9 Å². The molecule has 3 rings (SSSR count). The van der Waals surface area contributed by atoms with Crippen molar-refractivity contribution in [1.82, 2.24) is 4.98 Å². The number of aryl methyl sites for hydroxylation is 1. The van der Waals surface area contributed by atoms with Gasteiger partial charge < -0.3 is 5.32 Å². The Morgan fingerprint density at radius 2 is 2.12 bits per heavy atom. The van der Waals surface area contributed by atoms with E-state index in [2.05, 4.69) is 10.3 Å². The quantitative estimate of drug-likeness (QED) is 0.647. The summed E-state index contributed by atoms with van der Waals surface area (Å²) in [6.07, 6.45) is 0.636. The molecule has 25 heavy (non-hydrogen) atoms. The van der Waals surface area contributed by atoms with Gasteiger partial charge in [0.15, 0.2) is 0 Å². The first-order chi connectivity index (χ1) is 11.9. The van der Waals surface area contributed by atoms with Gasteiger partial charge in [0.05, 0.1) is 16.4 Å². The maximum absolute atomic E-state index is 12.0. The van der Waals surface area contributed by atoms with E-state index in [0.29, 0.717) is 36.7 Å². The average Bonchev–Trinajstić information content (AvgIpc) is 2.92. The number of hydrogen-bond donors (Lipinski definition) is 1. The van der Waals surface area contributed by atoms with Crippen LogP contribution in [0.1, 0.15) is 17.7 Å². The van der Waals surface area contributed by atoms with Crippen molar-refractivity contribution in [3.05, 3.63) is 57.8 Å². The van der Waals surface area contributed by atoms with E-state index >= 15 is 0 Å². The first-order valence-electron chi connectivity index (χ1n) is 7.82. The third kappa shape index (κ3) is 3.71. The fraction of sp³-hybridized carbons (Fsp3) is 0.312. The monoisotopic (exact) mass is 362 g/mol. The Labute approximate surface area is 145 Å². The predicted molar refractivity (Wildman–Crippen MR) is 95.1 cm³/mol. The van der Waals surface area contributed by atoms with Gasteiger partial charge >= 0.3 is 0 Å². The van der Waals surface area contributed by atoms with Crippen LogP contribution in [0.15, 0.2) is 36.4 Å². The van der Waals surface area contributed by atoms with E-state index in [-0.39, 0.29) is 11.4 Å². The van der Waals surface area contributed by atoms with Crippen molar-refractivity contribution < 1.29 is 13.3 Å². The van der Waals surface area contributed by atoms with Crippen LogP contribution >= 0.6 is 0 Å². The number of sulfonamides is 1. The minimum atomic E-state index is -3.21. The van der Waals surface area contributed by atoms with Gasteiger partial charge in [0, 0.05) is 19.2 Å². The molecule has 9 heteroatoms. The topological polar surface area (TPSA) is 105 Å². The molecular formula is C16H18N4O4S. The summed E-state index contributed by atoms with van der Waals surface area (Å²) in [5.41, 5.74) is 1.88. The molecule has 1 saturated heterocycles. The molecule has 2 heterocycles. The van der Waals surface area contributed by atoms with Crippen LogP contribution in [0.2, 0.25) is 0 Å². The van der Waals surface area contributed by atoms with Gasteiger partial charge in [0.1, 0.15) is 11.5 Å². The first-order valence-corrected chi connectivity index (χ1v) is 9.43. The highest BCUT2D eigenvalue weighted by molar-refractivity contribution is 7.93. The van der Waals surface area contributed by atoms with Gasteiger partial charge in [-0.2, -0.15) is 0 Å². The van der Waals surface area contributed by atoms with E-state index in [1.54, 1.807) is 19.1 Å². The Hall–Kier alpha value is -2.68. The lowest BCUT2D eigenvalue weighted by Gasteiger charge is -2.17. The number of aromatic nitrogens is 1. The van der Waals surface area contributed by atoms with Crippen LogP contribution in [0.5, 0.6) is 0 Å². The maximum Gasteiger partial charge on any atom is 0.290 e. The summed E-state index contributed by atoms with van der Waals surface area (Å²) in [6.45, 7) is 2.52. The Morgan fingerprint density at radius 1 is 1.32 bits per heavy atom. The molecule has 132 valence electrons. The molecule has 0 unspecified atom stereocenters. The van der Waals surface area contributed by atoms with Crippen molar-refractivity contribution in [3.63, 3.8) is 0 Å². The van der Waals surface area contributed by atoms with Gasteiger partial charge in [-0.3, -0.25) is 14.4 Å². The molecule has 1 aromatic carbocycles. The van der Waals surface area contributed by atoms with Gasteiger partial charge in [-0.15, -0.1) is 0 Å². The second-order valence-electron chi connectivity index (χ2n) is 5.82. The average molecular weight is 362 g/mol. The molecule has 1 aliphatic heterocycles. The minimum Gasteiger partial charge on any atom is -0.366 e. The second-order valence-corrected chi connectivity index (χ2v) is 7.84. The van der Waals surface area contributed by atoms with Crippen molar-refractivity contribution in [1.29, 1.82) is 0 Å². The minimum absolute atomic E-state index is 0.0215. The summed E-state index contributed by atoms with van der Waals surface area (Å²) >= 11 is 0. The predicted octanol–water partition coefficient (Wildman–Crippen LogP) is 2.45. The summed E-state index contributed by atoms with van der Waals surface area (Å²) in [7, 11) is -3.21. The number of pyridine rings is 1. The zero-order valence-electron chi connectivity index (χ0n) is 13.7. The highest BCUT2D eigenvalue weighted by Gasteiger charge is 2.28. The second kappa shape index (κ2) is 6.67. The van der Waals surface area contributed by atoms with E-state index in [4.69, 9.17) is 0 Å². The van der Waals surface area contributed by atoms with Crippen LogP contribution < -0.4 is 9.62 Å². The molecule has 8 nitrogen and oxygen atoms in total. The maximum atomic E-state index is 12.0. The van der Waals surface area contributed by atoms with Gasteiger partial charge in [-0.1, -0.05) is 12.1 Å². The summed E-state index contributed by atoms with van der Waals surface area (Å²) < 4.78 is 25.5. The molecule has 0 saturated carbocycles. The Morgan fingerprint density at radius 3 is 2.76 bits per heavy atom. The molecule has 1 fully saturated rings.